The number of aromatic nitrogens is 1. The Morgan fingerprint density at radius 3 is 2.19 bits per heavy atom. The van der Waals surface area contributed by atoms with Crippen molar-refractivity contribution in [1.82, 2.24) is 4.57 Å². The number of hydrogen-bond acceptors (Lipinski definition) is 7. The minimum atomic E-state index is -1.12. The molecule has 0 bridgehead atoms. The number of carbonyl (C=O) groups excluding carboxylic acids is 2. The highest BCUT2D eigenvalue weighted by Crippen LogP contribution is 2.41. The van der Waals surface area contributed by atoms with E-state index in [0.29, 0.717) is 37.6 Å². The first-order chi connectivity index (χ1) is 20.5. The minimum absolute atomic E-state index is 0.0404. The number of hydrogen-bond donors (Lipinski definition) is 2. The Kier molecular flexibility index (Phi) is 8.91. The fourth-order valence-electron chi connectivity index (χ4n) is 4.66. The molecule has 1 amide bonds. The van der Waals surface area contributed by atoms with Gasteiger partial charge in [-0.15, -0.1) is 11.3 Å². The van der Waals surface area contributed by atoms with Crippen molar-refractivity contribution in [3.05, 3.63) is 117 Å². The Morgan fingerprint density at radius 1 is 0.930 bits per heavy atom. The van der Waals surface area contributed by atoms with Gasteiger partial charge in [0.15, 0.2) is 0 Å². The van der Waals surface area contributed by atoms with Gasteiger partial charge in [-0.25, -0.2) is 4.79 Å². The molecule has 8 nitrogen and oxygen atoms in total. The van der Waals surface area contributed by atoms with E-state index in [4.69, 9.17) is 61.6 Å². The van der Waals surface area contributed by atoms with Crippen LogP contribution in [0.25, 0.3) is 17.5 Å². The molecule has 5 rings (SSSR count). The van der Waals surface area contributed by atoms with Crippen LogP contribution in [0.2, 0.25) is 20.1 Å². The zero-order chi connectivity index (χ0) is 31.0. The first-order valence-corrected chi connectivity index (χ1v) is 14.8. The average Bonchev–Trinajstić information content (AvgIpc) is 3.30. The second-order valence-corrected chi connectivity index (χ2v) is 11.9. The predicted molar refractivity (Wildman–Crippen MR) is 172 cm³/mol. The Labute approximate surface area is 269 Å². The van der Waals surface area contributed by atoms with Gasteiger partial charge in [0.1, 0.15) is 16.2 Å². The van der Waals surface area contributed by atoms with Gasteiger partial charge >= 0.3 is 5.97 Å². The van der Waals surface area contributed by atoms with Gasteiger partial charge in [0.2, 0.25) is 0 Å². The van der Waals surface area contributed by atoms with Crippen LogP contribution in [0.15, 0.2) is 71.0 Å². The zero-order valence-electron chi connectivity index (χ0n) is 22.4. The first-order valence-electron chi connectivity index (χ1n) is 12.5. The van der Waals surface area contributed by atoms with Gasteiger partial charge in [-0.1, -0.05) is 58.5 Å². The number of benzene rings is 3. The van der Waals surface area contributed by atoms with E-state index < -0.39 is 23.4 Å². The highest BCUT2D eigenvalue weighted by Gasteiger charge is 2.40. The molecule has 3 N–H and O–H groups in total. The van der Waals surface area contributed by atoms with Crippen LogP contribution in [0, 0.1) is 0 Å². The molecule has 2 heterocycles. The molecule has 0 fully saturated rings. The van der Waals surface area contributed by atoms with E-state index in [9.17, 15) is 14.4 Å². The SMILES string of the molecule is COC(=O)C1=C(N)n2c(s/c(=C/c3ccc(Cl)cc3Cl)c2=O)=C(C(=O)Nc2ccc(OC)cc2)C1c1ccc(Cl)cc1Cl. The van der Waals surface area contributed by atoms with Crippen LogP contribution in [-0.4, -0.2) is 30.7 Å². The second-order valence-electron chi connectivity index (χ2n) is 9.21. The Balaban J connectivity index is 1.84. The average molecular weight is 677 g/mol. The van der Waals surface area contributed by atoms with Crippen molar-refractivity contribution in [2.24, 2.45) is 5.73 Å². The Bertz CT molecular complexity index is 2000. The summed E-state index contributed by atoms with van der Waals surface area (Å²) in [5.41, 5.74) is 7.17. The number of fused-ring (bicyclic) bond motifs is 1. The van der Waals surface area contributed by atoms with Gasteiger partial charge in [0.05, 0.1) is 35.8 Å². The van der Waals surface area contributed by atoms with Crippen molar-refractivity contribution in [3.8, 4) is 5.75 Å². The van der Waals surface area contributed by atoms with Gasteiger partial charge in [0, 0.05) is 25.8 Å². The number of halogens is 4. The quantitative estimate of drug-likeness (QED) is 0.270. The van der Waals surface area contributed by atoms with E-state index in [-0.39, 0.29) is 31.2 Å². The molecule has 1 aromatic heterocycles. The minimum Gasteiger partial charge on any atom is -0.497 e. The Morgan fingerprint density at radius 2 is 1.58 bits per heavy atom. The molecular weight excluding hydrogens is 656 g/mol. The number of methoxy groups -OCH3 is 2. The lowest BCUT2D eigenvalue weighted by molar-refractivity contribution is -0.136. The van der Waals surface area contributed by atoms with E-state index in [1.807, 2.05) is 0 Å². The largest absolute Gasteiger partial charge is 0.497 e. The van der Waals surface area contributed by atoms with E-state index >= 15 is 0 Å². The summed E-state index contributed by atoms with van der Waals surface area (Å²) in [5, 5.41) is 4.10. The predicted octanol–water partition coefficient (Wildman–Crippen LogP) is 5.25. The summed E-state index contributed by atoms with van der Waals surface area (Å²) in [5.74, 6) is -2.20. The maximum absolute atomic E-state index is 14.2. The molecule has 220 valence electrons. The van der Waals surface area contributed by atoms with Crippen LogP contribution in [0.5, 0.6) is 5.75 Å². The van der Waals surface area contributed by atoms with Crippen LogP contribution in [0.3, 0.4) is 0 Å². The van der Waals surface area contributed by atoms with Gasteiger partial charge in [0.25, 0.3) is 11.5 Å². The van der Waals surface area contributed by atoms with Gasteiger partial charge in [-0.05, 0) is 65.7 Å². The molecule has 0 saturated heterocycles. The summed E-state index contributed by atoms with van der Waals surface area (Å²) in [6.07, 6.45) is 1.56. The number of amides is 1. The maximum atomic E-state index is 14.2. The number of nitrogens with zero attached hydrogens (tertiary/aromatic N) is 1. The lowest BCUT2D eigenvalue weighted by Crippen LogP contribution is -2.42. The standard InChI is InChI=1S/C30H21Cl4N3O5S/c1-41-18-8-6-17(7-9-18)36-27(38)25-23(19-10-5-16(32)13-21(19)34)24(30(40)42-2)26(35)37-28(39)22(43-29(25)37)11-14-3-4-15(31)12-20(14)33/h3-13,23H,35H2,1-2H3,(H,36,38)/b22-11+. The third-order valence-electron chi connectivity index (χ3n) is 6.67. The van der Waals surface area contributed by atoms with Crippen molar-refractivity contribution < 1.29 is 19.1 Å². The lowest BCUT2D eigenvalue weighted by atomic mass is 9.82. The monoisotopic (exact) mass is 675 g/mol. The smallest absolute Gasteiger partial charge is 0.338 e. The number of thiazole rings is 1. The topological polar surface area (TPSA) is 113 Å². The number of anilines is 1. The summed E-state index contributed by atoms with van der Waals surface area (Å²) >= 11 is 26.2. The van der Waals surface area contributed by atoms with Gasteiger partial charge in [-0.2, -0.15) is 0 Å². The second kappa shape index (κ2) is 12.5. The molecule has 43 heavy (non-hydrogen) atoms. The van der Waals surface area contributed by atoms with Gasteiger partial charge in [-0.3, -0.25) is 14.2 Å². The molecule has 1 aliphatic rings. The molecule has 4 aromatic rings. The molecule has 3 aromatic carbocycles. The van der Waals surface area contributed by atoms with Crippen molar-refractivity contribution >= 4 is 92.8 Å². The number of rotatable bonds is 6. The van der Waals surface area contributed by atoms with E-state index in [1.165, 1.54) is 20.3 Å². The lowest BCUT2D eigenvalue weighted by Gasteiger charge is -2.28. The third kappa shape index (κ3) is 5.91. The van der Waals surface area contributed by atoms with Crippen LogP contribution >= 0.6 is 57.7 Å². The number of nitrogens with one attached hydrogen (secondary N) is 1. The fraction of sp³-hybridized carbons (Fsp3) is 0.100. The third-order valence-corrected chi connectivity index (χ3v) is 8.90. The van der Waals surface area contributed by atoms with Crippen LogP contribution in [0.1, 0.15) is 17.0 Å². The summed E-state index contributed by atoms with van der Waals surface area (Å²) < 4.78 is 11.8. The van der Waals surface area contributed by atoms with E-state index in [0.717, 1.165) is 15.9 Å². The highest BCUT2D eigenvalue weighted by atomic mass is 35.5. The molecule has 1 atom stereocenters. The van der Waals surface area contributed by atoms with Crippen LogP contribution < -0.4 is 30.5 Å². The van der Waals surface area contributed by atoms with Crippen molar-refractivity contribution in [1.29, 1.82) is 0 Å². The van der Waals surface area contributed by atoms with Crippen molar-refractivity contribution in [2.45, 2.75) is 5.92 Å². The van der Waals surface area contributed by atoms with E-state index in [1.54, 1.807) is 60.7 Å². The summed E-state index contributed by atoms with van der Waals surface area (Å²) in [6.45, 7) is 0. The Hall–Kier alpha value is -3.73. The molecular formula is C30H21Cl4N3O5S. The first kappa shape index (κ1) is 30.7. The van der Waals surface area contributed by atoms with E-state index in [2.05, 4.69) is 5.32 Å². The normalized spacial score (nSPS) is 14.9. The van der Waals surface area contributed by atoms with Crippen LogP contribution in [-0.2, 0) is 14.3 Å². The summed E-state index contributed by atoms with van der Waals surface area (Å²) in [7, 11) is 2.70. The number of ether oxygens (including phenoxy) is 2. The fourth-order valence-corrected chi connectivity index (χ4v) is 6.80. The summed E-state index contributed by atoms with van der Waals surface area (Å²) in [6, 6.07) is 16.1. The molecule has 0 spiro atoms. The molecule has 1 aliphatic heterocycles. The van der Waals surface area contributed by atoms with Crippen molar-refractivity contribution in [2.75, 3.05) is 19.5 Å². The maximum Gasteiger partial charge on any atom is 0.338 e. The zero-order valence-corrected chi connectivity index (χ0v) is 26.3. The molecule has 0 radical (unpaired) electrons. The van der Waals surface area contributed by atoms with Crippen molar-refractivity contribution in [3.63, 3.8) is 0 Å². The molecule has 1 unspecified atom stereocenters. The highest BCUT2D eigenvalue weighted by molar-refractivity contribution is 7.07. The molecule has 0 saturated carbocycles. The van der Waals surface area contributed by atoms with Crippen LogP contribution in [0.4, 0.5) is 5.69 Å². The number of esters is 1. The molecule has 0 aliphatic carbocycles. The summed E-state index contributed by atoms with van der Waals surface area (Å²) in [4.78, 5) is 41.3. The molecule has 13 heteroatoms. The number of nitrogens with two attached hydrogens (primary N) is 1. The van der Waals surface area contributed by atoms with Gasteiger partial charge < -0.3 is 20.5 Å². The number of carbonyl (C=O) groups is 2.